The van der Waals surface area contributed by atoms with Gasteiger partial charge in [-0.15, -0.1) is 0 Å². The Hall–Kier alpha value is 0.695. The third-order valence-corrected chi connectivity index (χ3v) is 12.7. The third kappa shape index (κ3) is 1.76. The summed E-state index contributed by atoms with van der Waals surface area (Å²) in [5.41, 5.74) is 0. The number of hydrogen-bond acceptors (Lipinski definition) is 2. The van der Waals surface area contributed by atoms with Crippen molar-refractivity contribution in [1.82, 2.24) is 0 Å². The fraction of sp³-hybridized carbons (Fsp3) is 0.889. The van der Waals surface area contributed by atoms with Crippen LogP contribution in [0.4, 0.5) is 0 Å². The molecule has 0 aromatic heterocycles. The molecule has 4 heteroatoms. The van der Waals surface area contributed by atoms with Crippen LogP contribution in [-0.4, -0.2) is 12.1 Å². The van der Waals surface area contributed by atoms with Gasteiger partial charge in [0.15, 0.2) is 0 Å². The molecule has 2 atom stereocenters. The van der Waals surface area contributed by atoms with Crippen molar-refractivity contribution in [2.24, 2.45) is 11.8 Å². The molecule has 3 fully saturated rings. The van der Waals surface area contributed by atoms with Crippen molar-refractivity contribution < 1.29 is 32.9 Å². The molecular weight excluding hydrogens is 376 g/mol. The van der Waals surface area contributed by atoms with Crippen molar-refractivity contribution in [3.63, 3.8) is 0 Å². The van der Waals surface area contributed by atoms with Gasteiger partial charge in [-0.05, 0) is 0 Å². The van der Waals surface area contributed by atoms with Crippen molar-refractivity contribution in [1.29, 1.82) is 0 Å². The summed E-state index contributed by atoms with van der Waals surface area (Å²) in [6.07, 6.45) is 4.04. The summed E-state index contributed by atoms with van der Waals surface area (Å²) in [5, 5.41) is 0. The molecule has 0 spiro atoms. The molecule has 2 nitrogen and oxygen atoms in total. The van der Waals surface area contributed by atoms with E-state index in [1.807, 2.05) is 0 Å². The first-order chi connectivity index (χ1) is 6.24. The van der Waals surface area contributed by atoms with E-state index < -0.39 is 23.3 Å². The molecule has 0 heterocycles. The first-order valence-electron chi connectivity index (χ1n) is 4.97. The SMILES string of the molecule is CC(=O)OC1C2CCCC1[CH]2[Hg][Cl]. The second-order valence-corrected chi connectivity index (χ2v) is 11.7. The second kappa shape index (κ2) is 4.05. The number of halogens is 1. The van der Waals surface area contributed by atoms with Crippen LogP contribution in [0.15, 0.2) is 0 Å². The average molecular weight is 389 g/mol. The number of fused-ring (bicyclic) bond motifs is 2. The van der Waals surface area contributed by atoms with Crippen LogP contribution in [0.5, 0.6) is 0 Å². The molecule has 0 aromatic rings. The van der Waals surface area contributed by atoms with Crippen LogP contribution in [0.3, 0.4) is 0 Å². The topological polar surface area (TPSA) is 26.3 Å². The summed E-state index contributed by atoms with van der Waals surface area (Å²) < 4.78 is 6.16. The molecule has 3 aliphatic carbocycles. The van der Waals surface area contributed by atoms with Crippen LogP contribution in [0.1, 0.15) is 26.2 Å². The molecule has 2 unspecified atom stereocenters. The maximum atomic E-state index is 10.8. The van der Waals surface area contributed by atoms with Gasteiger partial charge in [0.05, 0.1) is 0 Å². The van der Waals surface area contributed by atoms with Gasteiger partial charge in [0.25, 0.3) is 0 Å². The van der Waals surface area contributed by atoms with Crippen molar-refractivity contribution in [3.8, 4) is 0 Å². The molecule has 70 valence electrons. The Kier molecular flexibility index (Phi) is 3.19. The molecule has 3 aliphatic rings. The van der Waals surface area contributed by atoms with E-state index in [0.29, 0.717) is 11.8 Å². The van der Waals surface area contributed by atoms with Crippen LogP contribution in [0.2, 0.25) is 3.43 Å². The van der Waals surface area contributed by atoms with Gasteiger partial charge in [0.2, 0.25) is 0 Å². The number of hydrogen-bond donors (Lipinski definition) is 0. The fourth-order valence-corrected chi connectivity index (χ4v) is 12.6. The molecule has 0 amide bonds. The van der Waals surface area contributed by atoms with Gasteiger partial charge in [-0.3, -0.25) is 0 Å². The Morgan fingerprint density at radius 2 is 2.08 bits per heavy atom. The number of carbonyl (C=O) groups excluding carboxylic acids is 1. The molecule has 0 saturated heterocycles. The van der Waals surface area contributed by atoms with Gasteiger partial charge in [-0.1, -0.05) is 0 Å². The van der Waals surface area contributed by atoms with Crippen LogP contribution in [-0.2, 0) is 32.9 Å². The first-order valence-corrected chi connectivity index (χ1v) is 14.9. The standard InChI is InChI=1S/C9H13O2.ClH.Hg/c1-6(10)11-9-7-3-2-4-8(9)5-7;;/h5,7-9H,2-4H2,1H3;1H;/q;;+1/p-1. The number of esters is 1. The van der Waals surface area contributed by atoms with Gasteiger partial charge >= 0.3 is 94.6 Å². The maximum absolute atomic E-state index is 10.8. The fourth-order valence-electron chi connectivity index (χ4n) is 2.92. The summed E-state index contributed by atoms with van der Waals surface area (Å²) in [6.45, 7) is 1.51. The van der Waals surface area contributed by atoms with Crippen LogP contribution in [0, 0.1) is 11.8 Å². The molecular formula is C9H13ClHgO2. The van der Waals surface area contributed by atoms with Crippen molar-refractivity contribution in [2.45, 2.75) is 35.7 Å². The molecule has 0 aromatic carbocycles. The van der Waals surface area contributed by atoms with Crippen molar-refractivity contribution in [2.75, 3.05) is 0 Å². The predicted octanol–water partition coefficient (Wildman–Crippen LogP) is 2.37. The summed E-state index contributed by atoms with van der Waals surface area (Å²) in [7, 11) is 6.09. The Bertz CT molecular complexity index is 210. The third-order valence-electron chi connectivity index (χ3n) is 3.50. The minimum atomic E-state index is -1.10. The number of rotatable bonds is 2. The number of ether oxygens (including phenoxy) is 1. The van der Waals surface area contributed by atoms with Crippen LogP contribution >= 0.6 is 8.25 Å². The van der Waals surface area contributed by atoms with E-state index >= 15 is 0 Å². The predicted molar refractivity (Wildman–Crippen MR) is 46.0 cm³/mol. The normalized spacial score (nSPS) is 41.7. The van der Waals surface area contributed by atoms with Gasteiger partial charge < -0.3 is 0 Å². The quantitative estimate of drug-likeness (QED) is 0.536. The molecule has 0 aliphatic heterocycles. The summed E-state index contributed by atoms with van der Waals surface area (Å²) in [5.74, 6) is 1.19. The van der Waals surface area contributed by atoms with E-state index in [1.165, 1.54) is 26.2 Å². The Labute approximate surface area is 94.2 Å². The van der Waals surface area contributed by atoms with Crippen molar-refractivity contribution in [3.05, 3.63) is 0 Å². The molecule has 13 heavy (non-hydrogen) atoms. The van der Waals surface area contributed by atoms with E-state index in [1.54, 1.807) is 0 Å². The van der Waals surface area contributed by atoms with E-state index in [2.05, 4.69) is 0 Å². The van der Waals surface area contributed by atoms with E-state index in [9.17, 15) is 4.79 Å². The first kappa shape index (κ1) is 10.2. The van der Waals surface area contributed by atoms with Gasteiger partial charge in [-0.2, -0.15) is 0 Å². The monoisotopic (exact) mass is 390 g/mol. The zero-order valence-electron chi connectivity index (χ0n) is 7.83. The Morgan fingerprint density at radius 3 is 2.54 bits per heavy atom. The summed E-state index contributed by atoms with van der Waals surface area (Å²) in [6, 6.07) is 0. The van der Waals surface area contributed by atoms with Crippen LogP contribution < -0.4 is 0 Å². The summed E-state index contributed by atoms with van der Waals surface area (Å²) >= 11 is -1.10. The molecule has 2 bridgehead atoms. The Morgan fingerprint density at radius 1 is 1.46 bits per heavy atom. The van der Waals surface area contributed by atoms with Gasteiger partial charge in [-0.25, -0.2) is 0 Å². The van der Waals surface area contributed by atoms with E-state index in [0.717, 1.165) is 3.43 Å². The summed E-state index contributed by atoms with van der Waals surface area (Å²) in [4.78, 5) is 10.8. The average Bonchev–Trinajstić information content (AvgIpc) is 2.13. The second-order valence-electron chi connectivity index (χ2n) is 4.15. The zero-order chi connectivity index (χ0) is 9.42. The minimum absolute atomic E-state index is 0.119. The zero-order valence-corrected chi connectivity index (χ0v) is 14.1. The van der Waals surface area contributed by atoms with E-state index in [-0.39, 0.29) is 12.1 Å². The van der Waals surface area contributed by atoms with E-state index in [4.69, 9.17) is 13.0 Å². The molecule has 0 radical (unpaired) electrons. The Balaban J connectivity index is 1.97. The van der Waals surface area contributed by atoms with Gasteiger partial charge in [0, 0.05) is 0 Å². The molecule has 3 rings (SSSR count). The van der Waals surface area contributed by atoms with Gasteiger partial charge in [0.1, 0.15) is 0 Å². The van der Waals surface area contributed by atoms with Crippen molar-refractivity contribution >= 4 is 14.2 Å². The van der Waals surface area contributed by atoms with Crippen LogP contribution in [0.25, 0.3) is 0 Å². The molecule has 3 saturated carbocycles. The number of carbonyl (C=O) groups is 1. The molecule has 0 N–H and O–H groups in total.